The molecule has 1 saturated heterocycles. The van der Waals surface area contributed by atoms with Gasteiger partial charge in [-0.3, -0.25) is 9.78 Å². The van der Waals surface area contributed by atoms with E-state index in [-0.39, 0.29) is 5.91 Å². The first-order valence-electron chi connectivity index (χ1n) is 9.20. The number of piperidine rings is 1. The van der Waals surface area contributed by atoms with Gasteiger partial charge in [-0.25, -0.2) is 0 Å². The second-order valence-electron chi connectivity index (χ2n) is 6.95. The molecule has 0 bridgehead atoms. The average molecular weight is 340 g/mol. The fraction of sp³-hybridized carbons (Fsp3) is 0.500. The summed E-state index contributed by atoms with van der Waals surface area (Å²) in [6.45, 7) is 7.70. The van der Waals surface area contributed by atoms with Crippen LogP contribution in [0.25, 0.3) is 0 Å². The van der Waals surface area contributed by atoms with Crippen molar-refractivity contribution in [2.75, 3.05) is 19.6 Å². The van der Waals surface area contributed by atoms with E-state index in [0.29, 0.717) is 12.5 Å². The van der Waals surface area contributed by atoms with E-state index in [1.807, 2.05) is 38.1 Å². The van der Waals surface area contributed by atoms with Gasteiger partial charge in [0.15, 0.2) is 0 Å². The third-order valence-corrected chi connectivity index (χ3v) is 5.10. The topological polar surface area (TPSA) is 59.0 Å². The molecule has 3 rings (SSSR count). The molecular weight excluding hydrogens is 312 g/mol. The Bertz CT molecular complexity index is 702. The van der Waals surface area contributed by atoms with Gasteiger partial charge in [-0.05, 0) is 70.3 Å². The summed E-state index contributed by atoms with van der Waals surface area (Å²) < 4.78 is 2.16. The van der Waals surface area contributed by atoms with Crippen LogP contribution in [-0.4, -0.2) is 35.1 Å². The van der Waals surface area contributed by atoms with E-state index < -0.39 is 0 Å². The first kappa shape index (κ1) is 17.7. The minimum absolute atomic E-state index is 0.0316. The van der Waals surface area contributed by atoms with Crippen LogP contribution in [-0.2, 0) is 6.54 Å². The van der Waals surface area contributed by atoms with E-state index in [1.165, 1.54) is 12.8 Å². The Morgan fingerprint density at radius 1 is 1.40 bits per heavy atom. The number of hydrogen-bond acceptors (Lipinski definition) is 3. The Labute approximate surface area is 149 Å². The SMILES string of the molecule is Cc1cc(C(=O)NCCC2CCCNC2)c(C)n1Cc1ccccn1. The quantitative estimate of drug-likeness (QED) is 0.850. The molecule has 134 valence electrons. The first-order chi connectivity index (χ1) is 12.1. The largest absolute Gasteiger partial charge is 0.352 e. The van der Waals surface area contributed by atoms with Gasteiger partial charge in [-0.2, -0.15) is 0 Å². The lowest BCUT2D eigenvalue weighted by Crippen LogP contribution is -2.33. The highest BCUT2D eigenvalue weighted by molar-refractivity contribution is 5.95. The maximum Gasteiger partial charge on any atom is 0.253 e. The average Bonchev–Trinajstić information content (AvgIpc) is 2.92. The Kier molecular flexibility index (Phi) is 5.87. The van der Waals surface area contributed by atoms with Crippen LogP contribution >= 0.6 is 0 Å². The summed E-state index contributed by atoms with van der Waals surface area (Å²) in [6, 6.07) is 7.90. The maximum atomic E-state index is 12.6. The van der Waals surface area contributed by atoms with Crippen molar-refractivity contribution in [2.45, 2.75) is 39.7 Å². The molecule has 1 aliphatic rings. The minimum atomic E-state index is 0.0316. The van der Waals surface area contributed by atoms with Crippen molar-refractivity contribution in [3.05, 3.63) is 53.1 Å². The number of aryl methyl sites for hydroxylation is 1. The van der Waals surface area contributed by atoms with Crippen molar-refractivity contribution in [3.63, 3.8) is 0 Å². The molecule has 0 spiro atoms. The van der Waals surface area contributed by atoms with Gasteiger partial charge in [0.2, 0.25) is 0 Å². The lowest BCUT2D eigenvalue weighted by atomic mass is 9.96. The predicted molar refractivity (Wildman–Crippen MR) is 99.8 cm³/mol. The van der Waals surface area contributed by atoms with Gasteiger partial charge in [-0.15, -0.1) is 0 Å². The van der Waals surface area contributed by atoms with Crippen LogP contribution in [0, 0.1) is 19.8 Å². The summed E-state index contributed by atoms with van der Waals surface area (Å²) in [5, 5.41) is 6.52. The molecule has 1 amide bonds. The smallest absolute Gasteiger partial charge is 0.253 e. The second-order valence-corrected chi connectivity index (χ2v) is 6.95. The van der Waals surface area contributed by atoms with Crippen LogP contribution in [0.15, 0.2) is 30.5 Å². The molecule has 2 aromatic heterocycles. The van der Waals surface area contributed by atoms with Crippen LogP contribution in [0.4, 0.5) is 0 Å². The number of hydrogen-bond donors (Lipinski definition) is 2. The maximum absolute atomic E-state index is 12.6. The highest BCUT2D eigenvalue weighted by atomic mass is 16.1. The fourth-order valence-corrected chi connectivity index (χ4v) is 3.58. The van der Waals surface area contributed by atoms with Crippen LogP contribution in [0.3, 0.4) is 0 Å². The Hall–Kier alpha value is -2.14. The van der Waals surface area contributed by atoms with E-state index in [1.54, 1.807) is 6.20 Å². The lowest BCUT2D eigenvalue weighted by Gasteiger charge is -2.22. The van der Waals surface area contributed by atoms with Crippen molar-refractivity contribution < 1.29 is 4.79 Å². The van der Waals surface area contributed by atoms with E-state index in [4.69, 9.17) is 0 Å². The highest BCUT2D eigenvalue weighted by Crippen LogP contribution is 2.17. The molecule has 0 aliphatic carbocycles. The molecule has 0 radical (unpaired) electrons. The molecule has 5 nitrogen and oxygen atoms in total. The van der Waals surface area contributed by atoms with Crippen LogP contribution in [0.2, 0.25) is 0 Å². The number of carbonyl (C=O) groups is 1. The molecular formula is C20H28N4O. The number of amides is 1. The molecule has 3 heterocycles. The third kappa shape index (κ3) is 4.48. The van der Waals surface area contributed by atoms with E-state index in [9.17, 15) is 4.79 Å². The van der Waals surface area contributed by atoms with Gasteiger partial charge < -0.3 is 15.2 Å². The van der Waals surface area contributed by atoms with Crippen molar-refractivity contribution in [2.24, 2.45) is 5.92 Å². The van der Waals surface area contributed by atoms with Crippen molar-refractivity contribution in [3.8, 4) is 0 Å². The van der Waals surface area contributed by atoms with Gasteiger partial charge in [0, 0.05) is 24.1 Å². The second kappa shape index (κ2) is 8.30. The standard InChI is InChI=1S/C20H28N4O/c1-15-12-19(16(2)24(15)14-18-7-3-4-10-22-18)20(25)23-11-8-17-6-5-9-21-13-17/h3-4,7,10,12,17,21H,5-6,8-9,11,13-14H2,1-2H3,(H,23,25). The molecule has 1 aliphatic heterocycles. The van der Waals surface area contributed by atoms with Gasteiger partial charge in [0.1, 0.15) is 0 Å². The molecule has 25 heavy (non-hydrogen) atoms. The molecule has 0 saturated carbocycles. The van der Waals surface area contributed by atoms with E-state index in [0.717, 1.165) is 48.7 Å². The van der Waals surface area contributed by atoms with Gasteiger partial charge in [-0.1, -0.05) is 6.07 Å². The van der Waals surface area contributed by atoms with E-state index in [2.05, 4.69) is 20.2 Å². The summed E-state index contributed by atoms with van der Waals surface area (Å²) in [5.41, 5.74) is 3.86. The van der Waals surface area contributed by atoms with Gasteiger partial charge >= 0.3 is 0 Å². The van der Waals surface area contributed by atoms with Gasteiger partial charge in [0.05, 0.1) is 17.8 Å². The number of nitrogens with zero attached hydrogens (tertiary/aromatic N) is 2. The Morgan fingerprint density at radius 2 is 2.28 bits per heavy atom. The Balaban J connectivity index is 1.60. The monoisotopic (exact) mass is 340 g/mol. The van der Waals surface area contributed by atoms with Crippen LogP contribution < -0.4 is 10.6 Å². The predicted octanol–water partition coefficient (Wildman–Crippen LogP) is 2.67. The summed E-state index contributed by atoms with van der Waals surface area (Å²) in [4.78, 5) is 17.0. The number of aromatic nitrogens is 2. The number of carbonyl (C=O) groups excluding carboxylic acids is 1. The molecule has 1 atom stereocenters. The first-order valence-corrected chi connectivity index (χ1v) is 9.20. The zero-order valence-electron chi connectivity index (χ0n) is 15.2. The number of pyridine rings is 1. The minimum Gasteiger partial charge on any atom is -0.352 e. The summed E-state index contributed by atoms with van der Waals surface area (Å²) in [5.74, 6) is 0.717. The molecule has 2 aromatic rings. The lowest BCUT2D eigenvalue weighted by molar-refractivity contribution is 0.0950. The van der Waals surface area contributed by atoms with Crippen LogP contribution in [0.1, 0.15) is 46.7 Å². The number of nitrogens with one attached hydrogen (secondary N) is 2. The molecule has 1 unspecified atom stereocenters. The van der Waals surface area contributed by atoms with Gasteiger partial charge in [0.25, 0.3) is 5.91 Å². The summed E-state index contributed by atoms with van der Waals surface area (Å²) in [7, 11) is 0. The van der Waals surface area contributed by atoms with Crippen molar-refractivity contribution >= 4 is 5.91 Å². The van der Waals surface area contributed by atoms with Crippen molar-refractivity contribution in [1.29, 1.82) is 0 Å². The Morgan fingerprint density at radius 3 is 3.00 bits per heavy atom. The highest BCUT2D eigenvalue weighted by Gasteiger charge is 2.17. The fourth-order valence-electron chi connectivity index (χ4n) is 3.58. The van der Waals surface area contributed by atoms with Crippen molar-refractivity contribution in [1.82, 2.24) is 20.2 Å². The zero-order chi connectivity index (χ0) is 17.6. The number of rotatable bonds is 6. The molecule has 0 aromatic carbocycles. The summed E-state index contributed by atoms with van der Waals surface area (Å²) in [6.07, 6.45) is 5.36. The molecule has 5 heteroatoms. The molecule has 1 fully saturated rings. The third-order valence-electron chi connectivity index (χ3n) is 5.10. The zero-order valence-corrected chi connectivity index (χ0v) is 15.2. The van der Waals surface area contributed by atoms with Crippen LogP contribution in [0.5, 0.6) is 0 Å². The van der Waals surface area contributed by atoms with E-state index >= 15 is 0 Å². The normalized spacial score (nSPS) is 17.4. The summed E-state index contributed by atoms with van der Waals surface area (Å²) >= 11 is 0. The molecule has 2 N–H and O–H groups in total.